The van der Waals surface area contributed by atoms with E-state index in [2.05, 4.69) is 229 Å². The highest BCUT2D eigenvalue weighted by Gasteiger charge is 2.36. The van der Waals surface area contributed by atoms with E-state index in [0.717, 1.165) is 44.8 Å². The van der Waals surface area contributed by atoms with Crippen molar-refractivity contribution in [1.82, 2.24) is 19.1 Å². The van der Waals surface area contributed by atoms with Gasteiger partial charge < -0.3 is 4.57 Å². The maximum atomic E-state index is 5.41. The van der Waals surface area contributed by atoms with Gasteiger partial charge in [0.15, 0.2) is 0 Å². The first kappa shape index (κ1) is 35.7. The van der Waals surface area contributed by atoms with Gasteiger partial charge in [-0.25, -0.2) is 9.97 Å². The van der Waals surface area contributed by atoms with Gasteiger partial charge in [-0.15, -0.1) is 0 Å². The Morgan fingerprint density at radius 3 is 1.65 bits per heavy atom. The Hall–Kier alpha value is -8.08. The molecule has 3 heterocycles. The molecule has 9 aromatic carbocycles. The molecule has 13 rings (SSSR count). The first-order valence-electron chi connectivity index (χ1n) is 21.7. The average Bonchev–Trinajstić information content (AvgIpc) is 3.86. The zero-order valence-electron chi connectivity index (χ0n) is 34.9. The Morgan fingerprint density at radius 2 is 0.952 bits per heavy atom. The van der Waals surface area contributed by atoms with Crippen LogP contribution in [0.1, 0.15) is 25.0 Å². The van der Waals surface area contributed by atoms with Crippen molar-refractivity contribution in [2.45, 2.75) is 19.3 Å². The maximum Gasteiger partial charge on any atom is 0.235 e. The first-order chi connectivity index (χ1) is 31.0. The normalized spacial score (nSPS) is 13.0. The maximum absolute atomic E-state index is 5.41. The highest BCUT2D eigenvalue weighted by molar-refractivity contribution is 6.17. The van der Waals surface area contributed by atoms with Crippen molar-refractivity contribution in [2.24, 2.45) is 0 Å². The first-order valence-corrected chi connectivity index (χ1v) is 21.7. The number of hydrogen-bond acceptors (Lipinski definition) is 2. The summed E-state index contributed by atoms with van der Waals surface area (Å²) in [5.74, 6) is 0.647. The van der Waals surface area contributed by atoms with Crippen molar-refractivity contribution < 1.29 is 0 Å². The molecule has 0 aliphatic heterocycles. The van der Waals surface area contributed by atoms with E-state index in [4.69, 9.17) is 9.97 Å². The number of hydrogen-bond donors (Lipinski definition) is 0. The van der Waals surface area contributed by atoms with E-state index in [9.17, 15) is 0 Å². The lowest BCUT2D eigenvalue weighted by atomic mass is 9.67. The van der Waals surface area contributed by atoms with E-state index in [-0.39, 0.29) is 5.41 Å². The number of rotatable bonds is 5. The fraction of sp³-hybridized carbons (Fsp3) is 0.0508. The lowest BCUT2D eigenvalue weighted by Gasteiger charge is -2.36. The molecule has 4 heteroatoms. The van der Waals surface area contributed by atoms with Gasteiger partial charge in [-0.05, 0) is 98.8 Å². The molecule has 3 aromatic heterocycles. The van der Waals surface area contributed by atoms with E-state index in [0.29, 0.717) is 5.95 Å². The third-order valence-electron chi connectivity index (χ3n) is 13.5. The summed E-state index contributed by atoms with van der Waals surface area (Å²) in [7, 11) is 0. The number of para-hydroxylation sites is 2. The van der Waals surface area contributed by atoms with E-state index >= 15 is 0 Å². The Kier molecular flexibility index (Phi) is 7.62. The molecule has 296 valence electrons. The molecule has 4 nitrogen and oxygen atoms in total. The second-order valence-corrected chi connectivity index (χ2v) is 17.4. The molecule has 0 spiro atoms. The molecule has 0 saturated heterocycles. The van der Waals surface area contributed by atoms with Crippen LogP contribution in [0.2, 0.25) is 0 Å². The monoisotopic (exact) mass is 804 g/mol. The minimum absolute atomic E-state index is 0.308. The van der Waals surface area contributed by atoms with Gasteiger partial charge in [-0.1, -0.05) is 166 Å². The van der Waals surface area contributed by atoms with Crippen LogP contribution < -0.4 is 0 Å². The second-order valence-electron chi connectivity index (χ2n) is 17.4. The van der Waals surface area contributed by atoms with Crippen molar-refractivity contribution in [1.29, 1.82) is 0 Å². The summed E-state index contributed by atoms with van der Waals surface area (Å²) >= 11 is 0. The van der Waals surface area contributed by atoms with Gasteiger partial charge >= 0.3 is 0 Å². The van der Waals surface area contributed by atoms with E-state index in [1.165, 1.54) is 71.2 Å². The van der Waals surface area contributed by atoms with Crippen LogP contribution in [0.15, 0.2) is 206 Å². The van der Waals surface area contributed by atoms with Crippen LogP contribution in [-0.4, -0.2) is 19.1 Å². The highest BCUT2D eigenvalue weighted by Crippen LogP contribution is 2.53. The summed E-state index contributed by atoms with van der Waals surface area (Å²) in [6.07, 6.45) is 0. The standard InChI is InChI=1S/C59H40N4/c1-59(2)48-26-15-21-39-20-14-25-44(55(39)48)45-30-33-54-56(57(45)59)47-35-41(40-28-31-52-46(34-40)43-24-12-13-27-51(43)62(52)42-22-10-5-11-23-42)29-32-53(47)63(54)58-60-49(37-16-6-3-7-17-37)36-50(61-58)38-18-8-4-9-19-38/h3-36H,1-2H3. The second kappa shape index (κ2) is 13.5. The fourth-order valence-corrected chi connectivity index (χ4v) is 10.7. The van der Waals surface area contributed by atoms with Crippen molar-refractivity contribution in [3.8, 4) is 56.4 Å². The zero-order chi connectivity index (χ0) is 41.8. The molecule has 0 radical (unpaired) electrons. The van der Waals surface area contributed by atoms with Crippen molar-refractivity contribution >= 4 is 54.4 Å². The quantitative estimate of drug-likeness (QED) is 0.174. The van der Waals surface area contributed by atoms with Gasteiger partial charge in [-0.3, -0.25) is 4.57 Å². The lowest BCUT2D eigenvalue weighted by molar-refractivity contribution is 0.652. The molecule has 0 N–H and O–H groups in total. The van der Waals surface area contributed by atoms with Crippen LogP contribution in [0.3, 0.4) is 0 Å². The van der Waals surface area contributed by atoms with Crippen LogP contribution in [0.25, 0.3) is 111 Å². The van der Waals surface area contributed by atoms with Crippen LogP contribution in [-0.2, 0) is 5.41 Å². The molecule has 12 aromatic rings. The van der Waals surface area contributed by atoms with Gasteiger partial charge in [0, 0.05) is 43.8 Å². The molecule has 1 aliphatic carbocycles. The molecular formula is C59H40N4. The molecular weight excluding hydrogens is 765 g/mol. The van der Waals surface area contributed by atoms with Crippen molar-refractivity contribution in [3.63, 3.8) is 0 Å². The van der Waals surface area contributed by atoms with Crippen LogP contribution >= 0.6 is 0 Å². The number of fused-ring (bicyclic) bond motifs is 9. The number of nitrogens with zero attached hydrogens (tertiary/aromatic N) is 4. The molecule has 0 bridgehead atoms. The van der Waals surface area contributed by atoms with Gasteiger partial charge in [-0.2, -0.15) is 0 Å². The smallest absolute Gasteiger partial charge is 0.235 e. The lowest BCUT2D eigenvalue weighted by Crippen LogP contribution is -2.24. The molecule has 1 aliphatic rings. The van der Waals surface area contributed by atoms with Crippen molar-refractivity contribution in [2.75, 3.05) is 0 Å². The molecule has 0 fully saturated rings. The average molecular weight is 805 g/mol. The summed E-state index contributed by atoms with van der Waals surface area (Å²) in [4.78, 5) is 10.8. The Labute approximate surface area is 365 Å². The highest BCUT2D eigenvalue weighted by atomic mass is 15.2. The predicted molar refractivity (Wildman–Crippen MR) is 262 cm³/mol. The number of aromatic nitrogens is 4. The Balaban J connectivity index is 1.11. The Bertz CT molecular complexity index is 3740. The minimum atomic E-state index is -0.308. The summed E-state index contributed by atoms with van der Waals surface area (Å²) in [5.41, 5.74) is 16.8. The van der Waals surface area contributed by atoms with Crippen LogP contribution in [0.4, 0.5) is 0 Å². The topological polar surface area (TPSA) is 35.6 Å². The van der Waals surface area contributed by atoms with Crippen molar-refractivity contribution in [3.05, 3.63) is 217 Å². The fourth-order valence-electron chi connectivity index (χ4n) is 10.7. The Morgan fingerprint density at radius 1 is 0.381 bits per heavy atom. The third-order valence-corrected chi connectivity index (χ3v) is 13.5. The molecule has 0 atom stereocenters. The zero-order valence-corrected chi connectivity index (χ0v) is 34.9. The molecule has 0 saturated carbocycles. The molecule has 63 heavy (non-hydrogen) atoms. The minimum Gasteiger partial charge on any atom is -0.309 e. The summed E-state index contributed by atoms with van der Waals surface area (Å²) in [6.45, 7) is 4.80. The van der Waals surface area contributed by atoms with E-state index in [1.54, 1.807) is 0 Å². The summed E-state index contributed by atoms with van der Waals surface area (Å²) in [5, 5.41) is 7.51. The van der Waals surface area contributed by atoms with E-state index in [1.807, 2.05) is 0 Å². The van der Waals surface area contributed by atoms with Gasteiger partial charge in [0.05, 0.1) is 33.5 Å². The molecule has 0 unspecified atom stereocenters. The van der Waals surface area contributed by atoms with Gasteiger partial charge in [0.25, 0.3) is 0 Å². The summed E-state index contributed by atoms with van der Waals surface area (Å²) in [6, 6.07) is 74.6. The van der Waals surface area contributed by atoms with Gasteiger partial charge in [0.1, 0.15) is 0 Å². The van der Waals surface area contributed by atoms with E-state index < -0.39 is 0 Å². The number of benzene rings is 9. The third kappa shape index (κ3) is 5.28. The van der Waals surface area contributed by atoms with Gasteiger partial charge in [0.2, 0.25) is 5.95 Å². The summed E-state index contributed by atoms with van der Waals surface area (Å²) < 4.78 is 4.69. The largest absolute Gasteiger partial charge is 0.309 e. The predicted octanol–water partition coefficient (Wildman–Crippen LogP) is 15.1. The molecule has 0 amide bonds. The van der Waals surface area contributed by atoms with Crippen LogP contribution in [0.5, 0.6) is 0 Å². The van der Waals surface area contributed by atoms with Crippen LogP contribution in [0, 0.1) is 0 Å². The SMILES string of the molecule is CC1(C)c2cccc3cccc(c23)-c2ccc3c(c21)c1cc(-c2ccc4c(c2)c2ccccc2n4-c2ccccc2)ccc1n3-c1nc(-c2ccccc2)cc(-c2ccccc2)n1.